The van der Waals surface area contributed by atoms with Crippen molar-refractivity contribution in [3.8, 4) is 0 Å². The first kappa shape index (κ1) is 18.8. The summed E-state index contributed by atoms with van der Waals surface area (Å²) in [6, 6.07) is 6.54. The number of carbonyl (C=O) groups is 2. The topological polar surface area (TPSA) is 43.9 Å². The van der Waals surface area contributed by atoms with Gasteiger partial charge in [-0.2, -0.15) is 0 Å². The number of amides is 2. The summed E-state index contributed by atoms with van der Waals surface area (Å²) in [7, 11) is 1.71. The molecule has 6 heteroatoms. The number of hydrogen-bond acceptors (Lipinski definition) is 3. The molecule has 0 atom stereocenters. The van der Waals surface area contributed by atoms with E-state index in [0.717, 1.165) is 51.9 Å². The van der Waals surface area contributed by atoms with Crippen molar-refractivity contribution in [3.63, 3.8) is 0 Å². The molecule has 5 nitrogen and oxygen atoms in total. The molecular weight excluding hydrogens is 333 g/mol. The minimum Gasteiger partial charge on any atom is -0.342 e. The lowest BCUT2D eigenvalue weighted by Crippen LogP contribution is -2.45. The molecule has 142 valence electrons. The fourth-order valence-electron chi connectivity index (χ4n) is 3.82. The Hall–Kier alpha value is -1.95. The van der Waals surface area contributed by atoms with Crippen molar-refractivity contribution in [3.05, 3.63) is 35.6 Å². The maximum absolute atomic E-state index is 13.7. The Labute approximate surface area is 154 Å². The number of carbonyl (C=O) groups excluding carboxylic acids is 2. The SMILES string of the molecule is CN(Cc1ccccc1F)C(=O)CN1CCC(C(=O)N2CCCC2)CC1. The second kappa shape index (κ2) is 8.62. The highest BCUT2D eigenvalue weighted by molar-refractivity contribution is 5.79. The molecule has 26 heavy (non-hydrogen) atoms. The molecule has 0 unspecified atom stereocenters. The maximum atomic E-state index is 13.7. The normalized spacial score (nSPS) is 18.9. The average Bonchev–Trinajstić information content (AvgIpc) is 3.18. The van der Waals surface area contributed by atoms with Gasteiger partial charge in [-0.05, 0) is 44.8 Å². The molecule has 0 spiro atoms. The van der Waals surface area contributed by atoms with Crippen LogP contribution in [0.5, 0.6) is 0 Å². The number of rotatable bonds is 5. The molecule has 0 aromatic heterocycles. The van der Waals surface area contributed by atoms with Crippen molar-refractivity contribution in [1.82, 2.24) is 14.7 Å². The molecule has 1 aromatic carbocycles. The van der Waals surface area contributed by atoms with Gasteiger partial charge < -0.3 is 9.80 Å². The highest BCUT2D eigenvalue weighted by Gasteiger charge is 2.30. The van der Waals surface area contributed by atoms with E-state index in [1.54, 1.807) is 30.1 Å². The van der Waals surface area contributed by atoms with Crippen molar-refractivity contribution < 1.29 is 14.0 Å². The average molecular weight is 361 g/mol. The predicted molar refractivity (Wildman–Crippen MR) is 97.9 cm³/mol. The van der Waals surface area contributed by atoms with Gasteiger partial charge in [-0.3, -0.25) is 14.5 Å². The third kappa shape index (κ3) is 4.61. The third-order valence-corrected chi connectivity index (χ3v) is 5.50. The van der Waals surface area contributed by atoms with E-state index in [-0.39, 0.29) is 24.2 Å². The number of halogens is 1. The molecule has 3 rings (SSSR count). The van der Waals surface area contributed by atoms with E-state index >= 15 is 0 Å². The summed E-state index contributed by atoms with van der Waals surface area (Å²) in [4.78, 5) is 30.6. The summed E-state index contributed by atoms with van der Waals surface area (Å²) in [5.41, 5.74) is 0.526. The lowest BCUT2D eigenvalue weighted by Gasteiger charge is -2.33. The monoisotopic (exact) mass is 361 g/mol. The fraction of sp³-hybridized carbons (Fsp3) is 0.600. The molecule has 0 saturated carbocycles. The summed E-state index contributed by atoms with van der Waals surface area (Å²) in [5, 5.41) is 0. The number of nitrogens with zero attached hydrogens (tertiary/aromatic N) is 3. The van der Waals surface area contributed by atoms with Crippen LogP contribution in [0, 0.1) is 11.7 Å². The number of likely N-dealkylation sites (N-methyl/N-ethyl adjacent to an activating group) is 1. The Morgan fingerprint density at radius 1 is 1.12 bits per heavy atom. The largest absolute Gasteiger partial charge is 0.342 e. The van der Waals surface area contributed by atoms with Crippen LogP contribution in [-0.2, 0) is 16.1 Å². The summed E-state index contributed by atoms with van der Waals surface area (Å²) in [6.45, 7) is 3.94. The number of piperidine rings is 1. The number of hydrogen-bond donors (Lipinski definition) is 0. The van der Waals surface area contributed by atoms with Gasteiger partial charge in [0.15, 0.2) is 0 Å². The molecule has 2 fully saturated rings. The van der Waals surface area contributed by atoms with Crippen LogP contribution in [0.3, 0.4) is 0 Å². The Morgan fingerprint density at radius 2 is 1.77 bits per heavy atom. The lowest BCUT2D eigenvalue weighted by molar-refractivity contribution is -0.136. The van der Waals surface area contributed by atoms with Gasteiger partial charge in [-0.15, -0.1) is 0 Å². The van der Waals surface area contributed by atoms with E-state index in [9.17, 15) is 14.0 Å². The van der Waals surface area contributed by atoms with Gasteiger partial charge in [0, 0.05) is 38.2 Å². The van der Waals surface area contributed by atoms with Crippen LogP contribution in [0.4, 0.5) is 4.39 Å². The van der Waals surface area contributed by atoms with Crippen molar-refractivity contribution >= 4 is 11.8 Å². The zero-order chi connectivity index (χ0) is 18.5. The molecule has 0 N–H and O–H groups in total. The molecule has 2 aliphatic heterocycles. The highest BCUT2D eigenvalue weighted by atomic mass is 19.1. The van der Waals surface area contributed by atoms with E-state index in [1.807, 2.05) is 4.90 Å². The Morgan fingerprint density at radius 3 is 2.42 bits per heavy atom. The molecule has 0 aliphatic carbocycles. The summed E-state index contributed by atoms with van der Waals surface area (Å²) in [6.07, 6.45) is 3.88. The van der Waals surface area contributed by atoms with Gasteiger partial charge in [0.05, 0.1) is 6.54 Å². The van der Waals surface area contributed by atoms with Crippen LogP contribution in [0.2, 0.25) is 0 Å². The zero-order valence-electron chi connectivity index (χ0n) is 15.5. The van der Waals surface area contributed by atoms with Gasteiger partial charge in [-0.25, -0.2) is 4.39 Å². The predicted octanol–water partition coefficient (Wildman–Crippen LogP) is 2.12. The van der Waals surface area contributed by atoms with E-state index in [4.69, 9.17) is 0 Å². The molecule has 2 amide bonds. The molecule has 1 aromatic rings. The second-order valence-corrected chi connectivity index (χ2v) is 7.42. The number of likely N-dealkylation sites (tertiary alicyclic amines) is 2. The van der Waals surface area contributed by atoms with Crippen LogP contribution >= 0.6 is 0 Å². The zero-order valence-corrected chi connectivity index (χ0v) is 15.5. The molecule has 2 heterocycles. The fourth-order valence-corrected chi connectivity index (χ4v) is 3.82. The molecule has 2 aliphatic rings. The highest BCUT2D eigenvalue weighted by Crippen LogP contribution is 2.22. The Bertz CT molecular complexity index is 638. The van der Waals surface area contributed by atoms with Gasteiger partial charge in [-0.1, -0.05) is 18.2 Å². The molecule has 0 radical (unpaired) electrons. The van der Waals surface area contributed by atoms with Crippen LogP contribution in [-0.4, -0.2) is 66.3 Å². The van der Waals surface area contributed by atoms with Crippen LogP contribution < -0.4 is 0 Å². The first-order valence-electron chi connectivity index (χ1n) is 9.53. The van der Waals surface area contributed by atoms with Crippen molar-refractivity contribution in [1.29, 1.82) is 0 Å². The van der Waals surface area contributed by atoms with Gasteiger partial charge in [0.2, 0.25) is 11.8 Å². The van der Waals surface area contributed by atoms with Crippen molar-refractivity contribution in [2.24, 2.45) is 5.92 Å². The Balaban J connectivity index is 1.44. The van der Waals surface area contributed by atoms with Gasteiger partial charge in [0.1, 0.15) is 5.82 Å². The van der Waals surface area contributed by atoms with Crippen molar-refractivity contribution in [2.45, 2.75) is 32.2 Å². The van der Waals surface area contributed by atoms with Crippen LogP contribution in [0.1, 0.15) is 31.2 Å². The molecule has 2 saturated heterocycles. The molecule has 0 bridgehead atoms. The van der Waals surface area contributed by atoms with E-state index in [0.29, 0.717) is 18.0 Å². The Kier molecular flexibility index (Phi) is 6.25. The van der Waals surface area contributed by atoms with Crippen molar-refractivity contribution in [2.75, 3.05) is 39.8 Å². The summed E-state index contributed by atoms with van der Waals surface area (Å²) in [5.74, 6) is 0.103. The minimum atomic E-state index is -0.284. The van der Waals surface area contributed by atoms with E-state index < -0.39 is 0 Å². The molecular formula is C20H28FN3O2. The van der Waals surface area contributed by atoms with E-state index in [1.165, 1.54) is 6.07 Å². The minimum absolute atomic E-state index is 0.0161. The number of benzene rings is 1. The maximum Gasteiger partial charge on any atom is 0.236 e. The van der Waals surface area contributed by atoms with Crippen LogP contribution in [0.25, 0.3) is 0 Å². The van der Waals surface area contributed by atoms with Gasteiger partial charge in [0.25, 0.3) is 0 Å². The van der Waals surface area contributed by atoms with E-state index in [2.05, 4.69) is 4.90 Å². The first-order chi connectivity index (χ1) is 12.5. The summed E-state index contributed by atoms with van der Waals surface area (Å²) >= 11 is 0. The smallest absolute Gasteiger partial charge is 0.236 e. The second-order valence-electron chi connectivity index (χ2n) is 7.42. The first-order valence-corrected chi connectivity index (χ1v) is 9.53. The summed E-state index contributed by atoms with van der Waals surface area (Å²) < 4.78 is 13.7. The quantitative estimate of drug-likeness (QED) is 0.807. The standard InChI is InChI=1S/C20H28FN3O2/c1-22(14-17-6-2-3-7-18(17)21)19(25)15-23-12-8-16(9-13-23)20(26)24-10-4-5-11-24/h2-3,6-7,16H,4-5,8-15H2,1H3. The third-order valence-electron chi connectivity index (χ3n) is 5.50. The lowest BCUT2D eigenvalue weighted by atomic mass is 9.95. The van der Waals surface area contributed by atoms with Gasteiger partial charge >= 0.3 is 0 Å². The van der Waals surface area contributed by atoms with Crippen LogP contribution in [0.15, 0.2) is 24.3 Å².